The standard InChI is InChI=1S/C19H20N6O3/c1-3-16(26)24-9-11(2)15(10-24)28-18-13-7-5-4-6-12(13)8-14(21-18)17-22-19(27)25(20)23-17/h3-8,11,15H,1,9-10,20H2,2H3,(H,22,23,27)/t11-,15-/m1/s1. The van der Waals surface area contributed by atoms with Gasteiger partial charge in [0.05, 0.1) is 6.54 Å². The van der Waals surface area contributed by atoms with Gasteiger partial charge in [0.15, 0.2) is 5.82 Å². The van der Waals surface area contributed by atoms with Crippen molar-refractivity contribution in [2.45, 2.75) is 13.0 Å². The predicted molar refractivity (Wildman–Crippen MR) is 104 cm³/mol. The van der Waals surface area contributed by atoms with Gasteiger partial charge in [-0.05, 0) is 23.6 Å². The number of fused-ring (bicyclic) bond motifs is 1. The molecule has 28 heavy (non-hydrogen) atoms. The van der Waals surface area contributed by atoms with Crippen LogP contribution in [-0.2, 0) is 4.79 Å². The number of amides is 1. The first kappa shape index (κ1) is 17.8. The summed E-state index contributed by atoms with van der Waals surface area (Å²) in [6, 6.07) is 9.46. The normalized spacial score (nSPS) is 19.1. The third-order valence-corrected chi connectivity index (χ3v) is 4.88. The van der Waals surface area contributed by atoms with E-state index in [9.17, 15) is 9.59 Å². The average Bonchev–Trinajstić information content (AvgIpc) is 3.23. The summed E-state index contributed by atoms with van der Waals surface area (Å²) in [4.78, 5) is 33.1. The molecule has 0 radical (unpaired) electrons. The second kappa shape index (κ2) is 6.84. The van der Waals surface area contributed by atoms with Gasteiger partial charge < -0.3 is 15.5 Å². The van der Waals surface area contributed by atoms with Crippen molar-refractivity contribution >= 4 is 16.7 Å². The van der Waals surface area contributed by atoms with Gasteiger partial charge in [0.1, 0.15) is 11.8 Å². The largest absolute Gasteiger partial charge is 0.472 e. The average molecular weight is 380 g/mol. The van der Waals surface area contributed by atoms with E-state index in [0.717, 1.165) is 15.6 Å². The zero-order chi connectivity index (χ0) is 19.8. The van der Waals surface area contributed by atoms with E-state index in [2.05, 4.69) is 21.6 Å². The highest BCUT2D eigenvalue weighted by atomic mass is 16.5. The summed E-state index contributed by atoms with van der Waals surface area (Å²) in [5, 5.41) is 5.69. The molecule has 1 fully saturated rings. The second-order valence-corrected chi connectivity index (χ2v) is 6.84. The van der Waals surface area contributed by atoms with Crippen LogP contribution >= 0.6 is 0 Å². The number of hydrogen-bond acceptors (Lipinski definition) is 6. The molecule has 2 atom stereocenters. The molecule has 1 saturated heterocycles. The highest BCUT2D eigenvalue weighted by Crippen LogP contribution is 2.30. The van der Waals surface area contributed by atoms with Crippen LogP contribution in [0.2, 0.25) is 0 Å². The maximum absolute atomic E-state index is 11.9. The van der Waals surface area contributed by atoms with Crippen LogP contribution < -0.4 is 16.3 Å². The Morgan fingerprint density at radius 2 is 2.18 bits per heavy atom. The molecule has 0 spiro atoms. The summed E-state index contributed by atoms with van der Waals surface area (Å²) < 4.78 is 6.23. The number of aromatic nitrogens is 4. The summed E-state index contributed by atoms with van der Waals surface area (Å²) in [5.74, 6) is 6.19. The van der Waals surface area contributed by atoms with Crippen LogP contribution in [-0.4, -0.2) is 49.9 Å². The Kier molecular flexibility index (Phi) is 4.34. The van der Waals surface area contributed by atoms with E-state index < -0.39 is 5.69 Å². The van der Waals surface area contributed by atoms with Gasteiger partial charge in [0.25, 0.3) is 0 Å². The van der Waals surface area contributed by atoms with E-state index in [1.807, 2.05) is 37.3 Å². The highest BCUT2D eigenvalue weighted by molar-refractivity contribution is 5.89. The van der Waals surface area contributed by atoms with Crippen LogP contribution in [0.3, 0.4) is 0 Å². The van der Waals surface area contributed by atoms with E-state index in [4.69, 9.17) is 10.6 Å². The lowest BCUT2D eigenvalue weighted by Crippen LogP contribution is -2.29. The number of likely N-dealkylation sites (tertiary alicyclic amines) is 1. The highest BCUT2D eigenvalue weighted by Gasteiger charge is 2.33. The number of ether oxygens (including phenoxy) is 1. The van der Waals surface area contributed by atoms with Crippen molar-refractivity contribution in [1.82, 2.24) is 24.8 Å². The molecule has 0 saturated carbocycles. The summed E-state index contributed by atoms with van der Waals surface area (Å²) in [7, 11) is 0. The predicted octanol–water partition coefficient (Wildman–Crippen LogP) is 0.912. The monoisotopic (exact) mass is 380 g/mol. The fourth-order valence-electron chi connectivity index (χ4n) is 3.37. The first-order valence-electron chi connectivity index (χ1n) is 8.89. The summed E-state index contributed by atoms with van der Waals surface area (Å²) >= 11 is 0. The zero-order valence-corrected chi connectivity index (χ0v) is 15.3. The van der Waals surface area contributed by atoms with Crippen molar-refractivity contribution in [3.63, 3.8) is 0 Å². The number of hydrogen-bond donors (Lipinski definition) is 2. The first-order valence-corrected chi connectivity index (χ1v) is 8.89. The van der Waals surface area contributed by atoms with Crippen molar-refractivity contribution in [3.05, 3.63) is 53.5 Å². The third-order valence-electron chi connectivity index (χ3n) is 4.88. The number of nitrogens with two attached hydrogens (primary N) is 1. The maximum Gasteiger partial charge on any atom is 0.362 e. The molecular weight excluding hydrogens is 360 g/mol. The minimum atomic E-state index is -0.532. The van der Waals surface area contributed by atoms with Crippen LogP contribution in [0.15, 0.2) is 47.8 Å². The fraction of sp³-hybridized carbons (Fsp3) is 0.263. The number of rotatable bonds is 4. The third kappa shape index (κ3) is 3.11. The number of benzene rings is 1. The van der Waals surface area contributed by atoms with Gasteiger partial charge in [0.2, 0.25) is 11.8 Å². The van der Waals surface area contributed by atoms with Crippen molar-refractivity contribution in [2.24, 2.45) is 5.92 Å². The molecule has 0 bridgehead atoms. The minimum Gasteiger partial charge on any atom is -0.472 e. The second-order valence-electron chi connectivity index (χ2n) is 6.84. The molecule has 9 nitrogen and oxygen atoms in total. The van der Waals surface area contributed by atoms with Gasteiger partial charge in [-0.2, -0.15) is 0 Å². The smallest absolute Gasteiger partial charge is 0.362 e. The number of nitrogen functional groups attached to an aromatic ring is 1. The Labute approximate surface area is 160 Å². The molecule has 9 heteroatoms. The number of carbonyl (C=O) groups excluding carboxylic acids is 1. The van der Waals surface area contributed by atoms with Gasteiger partial charge >= 0.3 is 5.69 Å². The number of nitrogens with one attached hydrogen (secondary N) is 1. The van der Waals surface area contributed by atoms with E-state index in [1.54, 1.807) is 4.90 Å². The topological polar surface area (TPSA) is 119 Å². The SMILES string of the molecule is C=CC(=O)N1C[C@@H](C)[C@H](Oc2nc(-c3nn(N)c(=O)[nH]3)cc3ccccc23)C1. The summed E-state index contributed by atoms with van der Waals surface area (Å²) in [6.07, 6.45) is 1.10. The number of aromatic amines is 1. The van der Waals surface area contributed by atoms with E-state index in [-0.39, 0.29) is 23.8 Å². The molecule has 4 rings (SSSR count). The maximum atomic E-state index is 11.9. The zero-order valence-electron chi connectivity index (χ0n) is 15.3. The van der Waals surface area contributed by atoms with Crippen molar-refractivity contribution in [1.29, 1.82) is 0 Å². The number of nitrogens with zero attached hydrogens (tertiary/aromatic N) is 4. The minimum absolute atomic E-state index is 0.115. The van der Waals surface area contributed by atoms with Crippen molar-refractivity contribution < 1.29 is 9.53 Å². The van der Waals surface area contributed by atoms with Crippen LogP contribution in [0.25, 0.3) is 22.3 Å². The molecule has 3 aromatic rings. The molecule has 3 N–H and O–H groups in total. The van der Waals surface area contributed by atoms with Crippen LogP contribution in [0.4, 0.5) is 0 Å². The molecule has 1 aliphatic heterocycles. The van der Waals surface area contributed by atoms with E-state index in [1.165, 1.54) is 6.08 Å². The molecule has 2 aromatic heterocycles. The van der Waals surface area contributed by atoms with Crippen molar-refractivity contribution in [2.75, 3.05) is 18.9 Å². The molecule has 1 aliphatic rings. The molecule has 0 unspecified atom stereocenters. The van der Waals surface area contributed by atoms with Crippen molar-refractivity contribution in [3.8, 4) is 17.4 Å². The molecule has 1 aromatic carbocycles. The lowest BCUT2D eigenvalue weighted by atomic mass is 10.1. The lowest BCUT2D eigenvalue weighted by molar-refractivity contribution is -0.125. The Morgan fingerprint density at radius 3 is 2.89 bits per heavy atom. The molecule has 3 heterocycles. The number of carbonyl (C=O) groups is 1. The van der Waals surface area contributed by atoms with Gasteiger partial charge in [0, 0.05) is 17.8 Å². The van der Waals surface area contributed by atoms with Gasteiger partial charge in [-0.1, -0.05) is 31.7 Å². The van der Waals surface area contributed by atoms with Gasteiger partial charge in [-0.25, -0.2) is 9.78 Å². The number of H-pyrrole nitrogens is 1. The van der Waals surface area contributed by atoms with Gasteiger partial charge in [-0.3, -0.25) is 9.78 Å². The van der Waals surface area contributed by atoms with E-state index >= 15 is 0 Å². The Bertz CT molecular complexity index is 1120. The number of pyridine rings is 1. The van der Waals surface area contributed by atoms with Crippen LogP contribution in [0.1, 0.15) is 6.92 Å². The Hall–Kier alpha value is -3.62. The molecule has 0 aliphatic carbocycles. The van der Waals surface area contributed by atoms with E-state index in [0.29, 0.717) is 24.7 Å². The quantitative estimate of drug-likeness (QED) is 0.513. The molecular formula is C19H20N6O3. The lowest BCUT2D eigenvalue weighted by Gasteiger charge is -2.18. The Balaban J connectivity index is 1.73. The summed E-state index contributed by atoms with van der Waals surface area (Å²) in [6.45, 7) is 6.62. The summed E-state index contributed by atoms with van der Waals surface area (Å²) in [5.41, 5.74) is -0.0879. The van der Waals surface area contributed by atoms with Crippen LogP contribution in [0.5, 0.6) is 5.88 Å². The van der Waals surface area contributed by atoms with Crippen LogP contribution in [0, 0.1) is 5.92 Å². The fourth-order valence-corrected chi connectivity index (χ4v) is 3.37. The Morgan fingerprint density at radius 1 is 1.39 bits per heavy atom. The van der Waals surface area contributed by atoms with Gasteiger partial charge in [-0.15, -0.1) is 9.89 Å². The molecule has 144 valence electrons. The molecule has 1 amide bonds. The first-order chi connectivity index (χ1) is 13.5.